The zero-order valence-electron chi connectivity index (χ0n) is 8.06. The summed E-state index contributed by atoms with van der Waals surface area (Å²) in [6.45, 7) is 1.27. The smallest absolute Gasteiger partial charge is 0.278 e. The minimum absolute atomic E-state index is 0.0365. The van der Waals surface area contributed by atoms with Crippen molar-refractivity contribution in [1.82, 2.24) is 15.3 Å². The van der Waals surface area contributed by atoms with Crippen LogP contribution >= 0.6 is 0 Å². The van der Waals surface area contributed by atoms with Crippen LogP contribution in [0.25, 0.3) is 0 Å². The Morgan fingerprint density at radius 1 is 1.33 bits per heavy atom. The molecule has 0 spiro atoms. The first kappa shape index (κ1) is 11.0. The van der Waals surface area contributed by atoms with Gasteiger partial charge in [-0.15, -0.1) is 0 Å². The zero-order valence-corrected chi connectivity index (χ0v) is 8.06. The summed E-state index contributed by atoms with van der Waals surface area (Å²) in [7, 11) is 0. The highest BCUT2D eigenvalue weighted by molar-refractivity contribution is 6.08. The molecule has 0 radical (unpaired) electrons. The maximum Gasteiger partial charge on any atom is 0.278 e. The molecule has 6 heteroatoms. The van der Waals surface area contributed by atoms with E-state index in [-0.39, 0.29) is 17.9 Å². The van der Waals surface area contributed by atoms with Gasteiger partial charge >= 0.3 is 0 Å². The zero-order chi connectivity index (χ0) is 11.3. The van der Waals surface area contributed by atoms with Gasteiger partial charge in [-0.1, -0.05) is 0 Å². The molecule has 2 amide bonds. The standard InChI is InChI=1S/C9H9N3O3/c1-6(13)4-8(14)12-9(15)7-5-10-2-3-11-7/h2-3,5H,4H2,1H3,(H,12,14,15). The van der Waals surface area contributed by atoms with E-state index in [0.717, 1.165) is 0 Å². The highest BCUT2D eigenvalue weighted by Crippen LogP contribution is 1.90. The van der Waals surface area contributed by atoms with Crippen LogP contribution in [-0.2, 0) is 9.59 Å². The highest BCUT2D eigenvalue weighted by atomic mass is 16.2. The maximum absolute atomic E-state index is 11.3. The second-order valence-corrected chi connectivity index (χ2v) is 2.85. The molecule has 1 aromatic rings. The van der Waals surface area contributed by atoms with Crippen molar-refractivity contribution in [1.29, 1.82) is 0 Å². The number of aromatic nitrogens is 2. The number of nitrogens with zero attached hydrogens (tertiary/aromatic N) is 2. The highest BCUT2D eigenvalue weighted by Gasteiger charge is 2.12. The molecular formula is C9H9N3O3. The van der Waals surface area contributed by atoms with E-state index >= 15 is 0 Å². The van der Waals surface area contributed by atoms with Gasteiger partial charge in [0.05, 0.1) is 12.6 Å². The molecule has 0 bridgehead atoms. The van der Waals surface area contributed by atoms with Crippen LogP contribution < -0.4 is 5.32 Å². The van der Waals surface area contributed by atoms with Crippen LogP contribution in [0.4, 0.5) is 0 Å². The normalized spacial score (nSPS) is 9.40. The van der Waals surface area contributed by atoms with E-state index in [0.29, 0.717) is 0 Å². The minimum atomic E-state index is -0.658. The van der Waals surface area contributed by atoms with Gasteiger partial charge in [0.1, 0.15) is 11.5 Å². The molecule has 0 unspecified atom stereocenters. The minimum Gasteiger partial charge on any atom is -0.299 e. The van der Waals surface area contributed by atoms with Gasteiger partial charge < -0.3 is 0 Å². The molecule has 1 heterocycles. The predicted molar refractivity (Wildman–Crippen MR) is 49.8 cm³/mol. The van der Waals surface area contributed by atoms with Crippen LogP contribution in [0, 0.1) is 0 Å². The van der Waals surface area contributed by atoms with Crippen molar-refractivity contribution in [3.05, 3.63) is 24.3 Å². The van der Waals surface area contributed by atoms with Gasteiger partial charge in [0.2, 0.25) is 5.91 Å². The molecule has 1 aromatic heterocycles. The van der Waals surface area contributed by atoms with Gasteiger partial charge in [-0.3, -0.25) is 24.7 Å². The fourth-order valence-electron chi connectivity index (χ4n) is 0.877. The molecule has 6 nitrogen and oxygen atoms in total. The molecule has 0 fully saturated rings. The molecule has 78 valence electrons. The lowest BCUT2D eigenvalue weighted by atomic mass is 10.3. The van der Waals surface area contributed by atoms with Crippen molar-refractivity contribution >= 4 is 17.6 Å². The lowest BCUT2D eigenvalue weighted by Gasteiger charge is -2.00. The number of imide groups is 1. The maximum atomic E-state index is 11.3. The summed E-state index contributed by atoms with van der Waals surface area (Å²) >= 11 is 0. The molecule has 1 rings (SSSR count). The Bertz CT molecular complexity index is 389. The van der Waals surface area contributed by atoms with E-state index < -0.39 is 11.8 Å². The lowest BCUT2D eigenvalue weighted by molar-refractivity contribution is -0.126. The van der Waals surface area contributed by atoms with Gasteiger partial charge in [-0.05, 0) is 6.92 Å². The second kappa shape index (κ2) is 4.94. The van der Waals surface area contributed by atoms with Gasteiger partial charge in [0.25, 0.3) is 5.91 Å². The first-order chi connectivity index (χ1) is 7.09. The van der Waals surface area contributed by atoms with Crippen LogP contribution in [0.3, 0.4) is 0 Å². The van der Waals surface area contributed by atoms with Gasteiger partial charge in [0.15, 0.2) is 0 Å². The summed E-state index contributed by atoms with van der Waals surface area (Å²) in [5.41, 5.74) is 0.0365. The summed E-state index contributed by atoms with van der Waals surface area (Å²) in [6, 6.07) is 0. The molecule has 0 atom stereocenters. The molecule has 0 aromatic carbocycles. The number of hydrogen-bond donors (Lipinski definition) is 1. The van der Waals surface area contributed by atoms with Gasteiger partial charge in [-0.2, -0.15) is 0 Å². The third kappa shape index (κ3) is 3.63. The number of Topliss-reactive ketones (excluding diaryl/α,β-unsaturated/α-hetero) is 1. The number of amides is 2. The van der Waals surface area contributed by atoms with E-state index in [1.165, 1.54) is 25.5 Å². The molecular weight excluding hydrogens is 198 g/mol. The van der Waals surface area contributed by atoms with Crippen LogP contribution in [0.1, 0.15) is 23.8 Å². The average Bonchev–Trinajstić information content (AvgIpc) is 2.17. The Hall–Kier alpha value is -2.11. The molecule has 0 aliphatic rings. The van der Waals surface area contributed by atoms with Crippen molar-refractivity contribution in [2.75, 3.05) is 0 Å². The molecule has 1 N–H and O–H groups in total. The number of carbonyl (C=O) groups is 3. The molecule has 0 saturated carbocycles. The third-order valence-corrected chi connectivity index (χ3v) is 1.46. The average molecular weight is 207 g/mol. The summed E-state index contributed by atoms with van der Waals surface area (Å²) in [4.78, 5) is 40.3. The Morgan fingerprint density at radius 2 is 2.07 bits per heavy atom. The van der Waals surface area contributed by atoms with Crippen molar-refractivity contribution < 1.29 is 14.4 Å². The largest absolute Gasteiger partial charge is 0.299 e. The van der Waals surface area contributed by atoms with Crippen LogP contribution in [-0.4, -0.2) is 27.6 Å². The van der Waals surface area contributed by atoms with Crippen LogP contribution in [0.15, 0.2) is 18.6 Å². The monoisotopic (exact) mass is 207 g/mol. The lowest BCUT2D eigenvalue weighted by Crippen LogP contribution is -2.32. The Balaban J connectivity index is 2.57. The van der Waals surface area contributed by atoms with Crippen LogP contribution in [0.5, 0.6) is 0 Å². The molecule has 0 aliphatic carbocycles. The Labute approximate surface area is 85.7 Å². The van der Waals surface area contributed by atoms with Crippen molar-refractivity contribution in [2.45, 2.75) is 13.3 Å². The number of carbonyl (C=O) groups excluding carboxylic acids is 3. The van der Waals surface area contributed by atoms with Gasteiger partial charge in [0, 0.05) is 12.4 Å². The van der Waals surface area contributed by atoms with E-state index in [1.54, 1.807) is 0 Å². The molecule has 0 saturated heterocycles. The van der Waals surface area contributed by atoms with E-state index in [9.17, 15) is 14.4 Å². The fraction of sp³-hybridized carbons (Fsp3) is 0.222. The Kier molecular flexibility index (Phi) is 3.61. The summed E-state index contributed by atoms with van der Waals surface area (Å²) < 4.78 is 0. The first-order valence-electron chi connectivity index (χ1n) is 4.19. The van der Waals surface area contributed by atoms with Crippen molar-refractivity contribution in [3.63, 3.8) is 0 Å². The van der Waals surface area contributed by atoms with E-state index in [1.807, 2.05) is 5.32 Å². The SMILES string of the molecule is CC(=O)CC(=O)NC(=O)c1cnccn1. The summed E-state index contributed by atoms with van der Waals surface area (Å²) in [5, 5.41) is 2.03. The topological polar surface area (TPSA) is 89.0 Å². The number of nitrogens with one attached hydrogen (secondary N) is 1. The molecule has 0 aliphatic heterocycles. The number of rotatable bonds is 3. The third-order valence-electron chi connectivity index (χ3n) is 1.46. The second-order valence-electron chi connectivity index (χ2n) is 2.85. The fourth-order valence-corrected chi connectivity index (χ4v) is 0.877. The molecule has 15 heavy (non-hydrogen) atoms. The van der Waals surface area contributed by atoms with E-state index in [4.69, 9.17) is 0 Å². The van der Waals surface area contributed by atoms with Crippen molar-refractivity contribution in [3.8, 4) is 0 Å². The Morgan fingerprint density at radius 3 is 2.60 bits per heavy atom. The first-order valence-corrected chi connectivity index (χ1v) is 4.19. The summed E-state index contributed by atoms with van der Waals surface area (Å²) in [6.07, 6.45) is 3.67. The summed E-state index contributed by atoms with van der Waals surface area (Å²) in [5.74, 6) is -1.60. The number of hydrogen-bond acceptors (Lipinski definition) is 5. The van der Waals surface area contributed by atoms with E-state index in [2.05, 4.69) is 9.97 Å². The van der Waals surface area contributed by atoms with Gasteiger partial charge in [-0.25, -0.2) is 4.98 Å². The predicted octanol–water partition coefficient (Wildman–Crippen LogP) is -0.288. The van der Waals surface area contributed by atoms with Crippen molar-refractivity contribution in [2.24, 2.45) is 0 Å². The quantitative estimate of drug-likeness (QED) is 0.688. The number of ketones is 1. The van der Waals surface area contributed by atoms with Crippen LogP contribution in [0.2, 0.25) is 0 Å².